The fourth-order valence-corrected chi connectivity index (χ4v) is 2.01. The number of nitrogens with zero attached hydrogens (tertiary/aromatic N) is 1. The van der Waals surface area contributed by atoms with Crippen LogP contribution < -0.4 is 10.5 Å². The monoisotopic (exact) mass is 188 g/mol. The van der Waals surface area contributed by atoms with E-state index in [9.17, 15) is 0 Å². The molecule has 0 radical (unpaired) electrons. The van der Waals surface area contributed by atoms with E-state index in [-0.39, 0.29) is 6.04 Å². The van der Waals surface area contributed by atoms with Crippen molar-refractivity contribution in [2.75, 3.05) is 7.11 Å². The summed E-state index contributed by atoms with van der Waals surface area (Å²) < 4.78 is 5.13. The summed E-state index contributed by atoms with van der Waals surface area (Å²) in [5.74, 6) is 0.653. The van der Waals surface area contributed by atoms with Gasteiger partial charge in [-0.25, -0.2) is 0 Å². The Morgan fingerprint density at radius 3 is 3.00 bits per heavy atom. The van der Waals surface area contributed by atoms with Crippen molar-refractivity contribution < 1.29 is 4.74 Å². The van der Waals surface area contributed by atoms with Crippen LogP contribution in [0.4, 0.5) is 0 Å². The quantitative estimate of drug-likeness (QED) is 0.726. The minimum atomic E-state index is 0.0861. The molecular formula is C11H12N2O. The third-order valence-electron chi connectivity index (χ3n) is 2.75. The molecule has 0 heterocycles. The summed E-state index contributed by atoms with van der Waals surface area (Å²) in [5.41, 5.74) is 8.73. The Hall–Kier alpha value is -1.53. The minimum Gasteiger partial charge on any atom is -0.495 e. The van der Waals surface area contributed by atoms with Crippen molar-refractivity contribution in [2.45, 2.75) is 18.9 Å². The van der Waals surface area contributed by atoms with Gasteiger partial charge in [0.25, 0.3) is 0 Å². The van der Waals surface area contributed by atoms with Crippen LogP contribution in [0, 0.1) is 11.3 Å². The highest BCUT2D eigenvalue weighted by atomic mass is 16.5. The van der Waals surface area contributed by atoms with Crippen LogP contribution in [0.25, 0.3) is 0 Å². The number of methoxy groups -OCH3 is 1. The number of hydrogen-bond acceptors (Lipinski definition) is 3. The standard InChI is InChI=1S/C11H12N2O/c1-14-11-5-3-8-7(9(11)6-12)2-4-10(8)13/h3,5,10H,2,4,13H2,1H3/t10-/m1/s1. The van der Waals surface area contributed by atoms with Gasteiger partial charge in [0.05, 0.1) is 12.7 Å². The van der Waals surface area contributed by atoms with E-state index in [0.29, 0.717) is 11.3 Å². The molecule has 0 spiro atoms. The van der Waals surface area contributed by atoms with Gasteiger partial charge >= 0.3 is 0 Å². The molecule has 0 unspecified atom stereocenters. The van der Waals surface area contributed by atoms with Crippen LogP contribution in [0.15, 0.2) is 12.1 Å². The number of ether oxygens (including phenoxy) is 1. The summed E-state index contributed by atoms with van der Waals surface area (Å²) in [6, 6.07) is 6.06. The van der Waals surface area contributed by atoms with Crippen LogP contribution in [0.3, 0.4) is 0 Å². The zero-order chi connectivity index (χ0) is 10.1. The maximum atomic E-state index is 9.03. The van der Waals surface area contributed by atoms with E-state index in [4.69, 9.17) is 15.7 Å². The Labute approximate surface area is 83.1 Å². The van der Waals surface area contributed by atoms with Crippen molar-refractivity contribution >= 4 is 0 Å². The highest BCUT2D eigenvalue weighted by Gasteiger charge is 2.23. The molecule has 1 aliphatic rings. The third-order valence-corrected chi connectivity index (χ3v) is 2.75. The van der Waals surface area contributed by atoms with Gasteiger partial charge in [0, 0.05) is 6.04 Å². The summed E-state index contributed by atoms with van der Waals surface area (Å²) in [5, 5.41) is 9.03. The van der Waals surface area contributed by atoms with Crippen molar-refractivity contribution in [1.82, 2.24) is 0 Å². The van der Waals surface area contributed by atoms with Crippen LogP contribution in [0.5, 0.6) is 5.75 Å². The van der Waals surface area contributed by atoms with Gasteiger partial charge in [-0.15, -0.1) is 0 Å². The van der Waals surface area contributed by atoms with Gasteiger partial charge in [0.2, 0.25) is 0 Å². The smallest absolute Gasteiger partial charge is 0.136 e. The number of fused-ring (bicyclic) bond motifs is 1. The molecule has 1 aromatic carbocycles. The molecule has 0 aliphatic heterocycles. The molecule has 2 N–H and O–H groups in total. The predicted octanol–water partition coefficient (Wildman–Crippen LogP) is 1.51. The van der Waals surface area contributed by atoms with Gasteiger partial charge in [0.1, 0.15) is 11.8 Å². The lowest BCUT2D eigenvalue weighted by molar-refractivity contribution is 0.413. The van der Waals surface area contributed by atoms with E-state index < -0.39 is 0 Å². The van der Waals surface area contributed by atoms with E-state index in [1.54, 1.807) is 7.11 Å². The number of rotatable bonds is 1. The molecule has 3 nitrogen and oxygen atoms in total. The summed E-state index contributed by atoms with van der Waals surface area (Å²) in [6.07, 6.45) is 1.81. The van der Waals surface area contributed by atoms with Gasteiger partial charge in [0.15, 0.2) is 0 Å². The second-order valence-electron chi connectivity index (χ2n) is 3.47. The first-order valence-electron chi connectivity index (χ1n) is 4.63. The summed E-state index contributed by atoms with van der Waals surface area (Å²) in [4.78, 5) is 0. The van der Waals surface area contributed by atoms with Crippen molar-refractivity contribution in [3.8, 4) is 11.8 Å². The van der Waals surface area contributed by atoms with E-state index in [2.05, 4.69) is 6.07 Å². The normalized spacial score (nSPS) is 18.8. The fourth-order valence-electron chi connectivity index (χ4n) is 2.01. The highest BCUT2D eigenvalue weighted by Crippen LogP contribution is 2.35. The molecule has 72 valence electrons. The second-order valence-corrected chi connectivity index (χ2v) is 3.47. The molecular weight excluding hydrogens is 176 g/mol. The average molecular weight is 188 g/mol. The molecule has 2 rings (SSSR count). The second kappa shape index (κ2) is 3.32. The van der Waals surface area contributed by atoms with Crippen LogP contribution in [-0.2, 0) is 6.42 Å². The number of nitriles is 1. The molecule has 0 fully saturated rings. The Morgan fingerprint density at radius 1 is 1.57 bits per heavy atom. The Morgan fingerprint density at radius 2 is 2.36 bits per heavy atom. The summed E-state index contributed by atoms with van der Waals surface area (Å²) in [7, 11) is 1.58. The maximum absolute atomic E-state index is 9.03. The zero-order valence-electron chi connectivity index (χ0n) is 8.08. The van der Waals surface area contributed by atoms with E-state index >= 15 is 0 Å². The topological polar surface area (TPSA) is 59.0 Å². The van der Waals surface area contributed by atoms with Crippen LogP contribution >= 0.6 is 0 Å². The van der Waals surface area contributed by atoms with E-state index in [0.717, 1.165) is 24.0 Å². The first-order valence-corrected chi connectivity index (χ1v) is 4.63. The molecule has 3 heteroatoms. The third kappa shape index (κ3) is 1.16. The first-order chi connectivity index (χ1) is 6.77. The molecule has 1 atom stereocenters. The van der Waals surface area contributed by atoms with E-state index in [1.807, 2.05) is 12.1 Å². The Bertz CT molecular complexity index is 406. The largest absolute Gasteiger partial charge is 0.495 e. The minimum absolute atomic E-state index is 0.0861. The molecule has 0 aromatic heterocycles. The van der Waals surface area contributed by atoms with Crippen LogP contribution in [-0.4, -0.2) is 7.11 Å². The Balaban J connectivity index is 2.61. The molecule has 0 amide bonds. The SMILES string of the molecule is COc1ccc2c(c1C#N)CC[C@H]2N. The maximum Gasteiger partial charge on any atom is 0.136 e. The average Bonchev–Trinajstić information content (AvgIpc) is 2.59. The van der Waals surface area contributed by atoms with Crippen molar-refractivity contribution in [2.24, 2.45) is 5.73 Å². The zero-order valence-corrected chi connectivity index (χ0v) is 8.08. The number of hydrogen-bond donors (Lipinski definition) is 1. The van der Waals surface area contributed by atoms with Gasteiger partial charge in [-0.05, 0) is 30.0 Å². The molecule has 1 aromatic rings. The first kappa shape index (κ1) is 9.04. The van der Waals surface area contributed by atoms with E-state index in [1.165, 1.54) is 0 Å². The van der Waals surface area contributed by atoms with Crippen LogP contribution in [0.2, 0.25) is 0 Å². The molecule has 14 heavy (non-hydrogen) atoms. The van der Waals surface area contributed by atoms with Gasteiger partial charge in [-0.1, -0.05) is 6.07 Å². The molecule has 0 bridgehead atoms. The molecule has 1 aliphatic carbocycles. The van der Waals surface area contributed by atoms with Gasteiger partial charge < -0.3 is 10.5 Å². The molecule has 0 saturated heterocycles. The van der Waals surface area contributed by atoms with Gasteiger partial charge in [-0.3, -0.25) is 0 Å². The van der Waals surface area contributed by atoms with Crippen molar-refractivity contribution in [1.29, 1.82) is 5.26 Å². The lowest BCUT2D eigenvalue weighted by atomic mass is 10.0. The summed E-state index contributed by atoms with van der Waals surface area (Å²) in [6.45, 7) is 0. The Kier molecular flexibility index (Phi) is 2.14. The number of nitrogens with two attached hydrogens (primary N) is 1. The van der Waals surface area contributed by atoms with Crippen molar-refractivity contribution in [3.63, 3.8) is 0 Å². The van der Waals surface area contributed by atoms with Gasteiger partial charge in [-0.2, -0.15) is 5.26 Å². The molecule has 0 saturated carbocycles. The highest BCUT2D eigenvalue weighted by molar-refractivity contribution is 5.54. The fraction of sp³-hybridized carbons (Fsp3) is 0.364. The van der Waals surface area contributed by atoms with Crippen molar-refractivity contribution in [3.05, 3.63) is 28.8 Å². The lowest BCUT2D eigenvalue weighted by Gasteiger charge is -2.08. The number of benzene rings is 1. The predicted molar refractivity (Wildman–Crippen MR) is 53.0 cm³/mol. The van der Waals surface area contributed by atoms with Crippen LogP contribution in [0.1, 0.15) is 29.2 Å². The summed E-state index contributed by atoms with van der Waals surface area (Å²) >= 11 is 0. The lowest BCUT2D eigenvalue weighted by Crippen LogP contribution is -2.05.